The Morgan fingerprint density at radius 1 is 1.22 bits per heavy atom. The fraction of sp³-hybridized carbons (Fsp3) is 0.571. The Labute approximate surface area is 108 Å². The first kappa shape index (κ1) is 14.9. The highest BCUT2D eigenvalue weighted by Crippen LogP contribution is 2.25. The van der Waals surface area contributed by atoms with Crippen LogP contribution in [0, 0.1) is 5.82 Å². The number of aliphatic hydroxyl groups is 2. The van der Waals surface area contributed by atoms with E-state index in [0.717, 1.165) is 18.5 Å². The van der Waals surface area contributed by atoms with Crippen molar-refractivity contribution in [3.05, 3.63) is 29.6 Å². The molecule has 0 aliphatic carbocycles. The van der Waals surface area contributed by atoms with Gasteiger partial charge in [0.25, 0.3) is 0 Å². The van der Waals surface area contributed by atoms with Gasteiger partial charge in [-0.05, 0) is 31.0 Å². The Morgan fingerprint density at radius 3 is 2.39 bits per heavy atom. The predicted molar refractivity (Wildman–Crippen MR) is 71.1 cm³/mol. The molecule has 0 aromatic heterocycles. The van der Waals surface area contributed by atoms with Crippen molar-refractivity contribution in [1.82, 2.24) is 0 Å². The van der Waals surface area contributed by atoms with Crippen LogP contribution in [0.4, 0.5) is 10.1 Å². The smallest absolute Gasteiger partial charge is 0.123 e. The van der Waals surface area contributed by atoms with Crippen LogP contribution in [0.1, 0.15) is 32.3 Å². The number of nitrogens with zero attached hydrogens (tertiary/aromatic N) is 1. The van der Waals surface area contributed by atoms with E-state index in [1.165, 1.54) is 12.1 Å². The molecule has 0 bridgehead atoms. The molecule has 0 unspecified atom stereocenters. The van der Waals surface area contributed by atoms with Gasteiger partial charge < -0.3 is 15.1 Å². The second-order valence-electron chi connectivity index (χ2n) is 4.32. The molecule has 0 saturated heterocycles. The zero-order chi connectivity index (χ0) is 13.5. The summed E-state index contributed by atoms with van der Waals surface area (Å²) in [5, 5.41) is 18.5. The molecule has 102 valence electrons. The van der Waals surface area contributed by atoms with E-state index in [0.29, 0.717) is 12.1 Å². The molecule has 0 aliphatic heterocycles. The Hall–Kier alpha value is -1.13. The number of hydrogen-bond donors (Lipinski definition) is 2. The average Bonchev–Trinajstić information content (AvgIpc) is 2.39. The van der Waals surface area contributed by atoms with E-state index in [2.05, 4.69) is 13.8 Å². The molecule has 0 amide bonds. The van der Waals surface area contributed by atoms with Gasteiger partial charge in [0.15, 0.2) is 0 Å². The van der Waals surface area contributed by atoms with Crippen molar-refractivity contribution in [3.63, 3.8) is 0 Å². The SMILES string of the molecule is CCC(CC)N(CCO)c1ccc(F)cc1CO. The molecular formula is C14H22FNO2. The summed E-state index contributed by atoms with van der Waals surface area (Å²) in [5.41, 5.74) is 1.37. The van der Waals surface area contributed by atoms with Crippen LogP contribution in [-0.2, 0) is 6.61 Å². The molecule has 18 heavy (non-hydrogen) atoms. The summed E-state index contributed by atoms with van der Waals surface area (Å²) >= 11 is 0. The van der Waals surface area contributed by atoms with Gasteiger partial charge in [0.2, 0.25) is 0 Å². The van der Waals surface area contributed by atoms with Crippen LogP contribution < -0.4 is 4.90 Å². The van der Waals surface area contributed by atoms with Crippen molar-refractivity contribution in [1.29, 1.82) is 0 Å². The highest BCUT2D eigenvalue weighted by molar-refractivity contribution is 5.54. The third-order valence-electron chi connectivity index (χ3n) is 3.25. The van der Waals surface area contributed by atoms with Gasteiger partial charge in [0.05, 0.1) is 13.2 Å². The van der Waals surface area contributed by atoms with E-state index in [1.807, 2.05) is 4.90 Å². The summed E-state index contributed by atoms with van der Waals surface area (Å²) < 4.78 is 13.2. The minimum absolute atomic E-state index is 0.0404. The maximum absolute atomic E-state index is 13.2. The first-order valence-electron chi connectivity index (χ1n) is 6.44. The fourth-order valence-corrected chi connectivity index (χ4v) is 2.30. The molecule has 3 nitrogen and oxygen atoms in total. The standard InChI is InChI=1S/C14H22FNO2/c1-3-13(4-2)16(7-8-17)14-6-5-12(15)9-11(14)10-18/h5-6,9,13,17-18H,3-4,7-8,10H2,1-2H3. The number of anilines is 1. The molecule has 4 heteroatoms. The summed E-state index contributed by atoms with van der Waals surface area (Å²) in [7, 11) is 0. The van der Waals surface area contributed by atoms with Crippen molar-refractivity contribution < 1.29 is 14.6 Å². The van der Waals surface area contributed by atoms with Gasteiger partial charge in [0.1, 0.15) is 5.82 Å². The molecule has 0 radical (unpaired) electrons. The van der Waals surface area contributed by atoms with E-state index in [4.69, 9.17) is 0 Å². The Morgan fingerprint density at radius 2 is 1.89 bits per heavy atom. The quantitative estimate of drug-likeness (QED) is 0.785. The molecule has 0 spiro atoms. The maximum atomic E-state index is 13.2. The molecular weight excluding hydrogens is 233 g/mol. The molecule has 0 atom stereocenters. The van der Waals surface area contributed by atoms with Crippen LogP contribution in [-0.4, -0.2) is 29.4 Å². The second-order valence-corrected chi connectivity index (χ2v) is 4.32. The normalized spacial score (nSPS) is 11.0. The number of rotatable bonds is 7. The minimum Gasteiger partial charge on any atom is -0.395 e. The molecule has 1 aromatic carbocycles. The van der Waals surface area contributed by atoms with Crippen molar-refractivity contribution in [2.45, 2.75) is 39.3 Å². The second kappa shape index (κ2) is 7.34. The lowest BCUT2D eigenvalue weighted by molar-refractivity contribution is 0.278. The summed E-state index contributed by atoms with van der Waals surface area (Å²) in [5.74, 6) is -0.351. The van der Waals surface area contributed by atoms with E-state index in [-0.39, 0.29) is 25.1 Å². The lowest BCUT2D eigenvalue weighted by atomic mass is 10.1. The van der Waals surface area contributed by atoms with Crippen molar-refractivity contribution in [2.75, 3.05) is 18.1 Å². The van der Waals surface area contributed by atoms with Gasteiger partial charge in [-0.2, -0.15) is 0 Å². The van der Waals surface area contributed by atoms with Crippen molar-refractivity contribution >= 4 is 5.69 Å². The Kier molecular flexibility index (Phi) is 6.09. The number of aliphatic hydroxyl groups excluding tert-OH is 2. The third-order valence-corrected chi connectivity index (χ3v) is 3.25. The van der Waals surface area contributed by atoms with Gasteiger partial charge in [-0.3, -0.25) is 0 Å². The van der Waals surface area contributed by atoms with E-state index in [9.17, 15) is 14.6 Å². The van der Waals surface area contributed by atoms with Gasteiger partial charge in [-0.15, -0.1) is 0 Å². The highest BCUT2D eigenvalue weighted by Gasteiger charge is 2.18. The summed E-state index contributed by atoms with van der Waals surface area (Å²) in [6.07, 6.45) is 1.89. The van der Waals surface area contributed by atoms with Crippen molar-refractivity contribution in [2.24, 2.45) is 0 Å². The number of hydrogen-bond acceptors (Lipinski definition) is 3. The molecule has 2 N–H and O–H groups in total. The molecule has 0 fully saturated rings. The van der Waals surface area contributed by atoms with Crippen molar-refractivity contribution in [3.8, 4) is 0 Å². The van der Waals surface area contributed by atoms with Gasteiger partial charge in [-0.1, -0.05) is 13.8 Å². The third kappa shape index (κ3) is 3.43. The maximum Gasteiger partial charge on any atom is 0.123 e. The Balaban J connectivity index is 3.11. The van der Waals surface area contributed by atoms with E-state index in [1.54, 1.807) is 6.07 Å². The minimum atomic E-state index is -0.351. The topological polar surface area (TPSA) is 43.7 Å². The van der Waals surface area contributed by atoms with Crippen LogP contribution >= 0.6 is 0 Å². The number of benzene rings is 1. The molecule has 1 aromatic rings. The van der Waals surface area contributed by atoms with Crippen LogP contribution in [0.15, 0.2) is 18.2 Å². The summed E-state index contributed by atoms with van der Waals surface area (Å²) in [6.45, 7) is 4.50. The highest BCUT2D eigenvalue weighted by atomic mass is 19.1. The molecule has 1 rings (SSSR count). The predicted octanol–water partition coefficient (Wildman–Crippen LogP) is 2.31. The lowest BCUT2D eigenvalue weighted by Gasteiger charge is -2.33. The average molecular weight is 255 g/mol. The summed E-state index contributed by atoms with van der Waals surface area (Å²) in [6, 6.07) is 4.70. The fourth-order valence-electron chi connectivity index (χ4n) is 2.30. The van der Waals surface area contributed by atoms with Gasteiger partial charge in [0, 0.05) is 23.8 Å². The number of halogens is 1. The lowest BCUT2D eigenvalue weighted by Crippen LogP contribution is -2.37. The molecule has 0 aliphatic rings. The molecule has 0 heterocycles. The first-order valence-corrected chi connectivity index (χ1v) is 6.44. The largest absolute Gasteiger partial charge is 0.395 e. The van der Waals surface area contributed by atoms with Crippen LogP contribution in [0.25, 0.3) is 0 Å². The van der Waals surface area contributed by atoms with Gasteiger partial charge >= 0.3 is 0 Å². The first-order chi connectivity index (χ1) is 8.67. The van der Waals surface area contributed by atoms with Gasteiger partial charge in [-0.25, -0.2) is 4.39 Å². The van der Waals surface area contributed by atoms with Crippen LogP contribution in [0.5, 0.6) is 0 Å². The molecule has 0 saturated carbocycles. The summed E-state index contributed by atoms with van der Waals surface area (Å²) in [4.78, 5) is 2.05. The monoisotopic (exact) mass is 255 g/mol. The zero-order valence-corrected chi connectivity index (χ0v) is 11.1. The van der Waals surface area contributed by atoms with E-state index < -0.39 is 0 Å². The van der Waals surface area contributed by atoms with Crippen LogP contribution in [0.2, 0.25) is 0 Å². The van der Waals surface area contributed by atoms with E-state index >= 15 is 0 Å². The Bertz CT molecular complexity index is 367. The van der Waals surface area contributed by atoms with Crippen LogP contribution in [0.3, 0.4) is 0 Å². The zero-order valence-electron chi connectivity index (χ0n) is 11.1.